The molecule has 1 N–H and O–H groups in total. The average molecular weight is 473 g/mol. The fourth-order valence-corrected chi connectivity index (χ4v) is 4.29. The maximum absolute atomic E-state index is 12.9. The summed E-state index contributed by atoms with van der Waals surface area (Å²) in [6, 6.07) is 4.92. The van der Waals surface area contributed by atoms with Crippen molar-refractivity contribution in [2.75, 3.05) is 0 Å². The molecule has 0 aliphatic heterocycles. The molecule has 0 atom stereocenters. The normalized spacial score (nSPS) is 12.1. The molecule has 0 amide bonds. The highest BCUT2D eigenvalue weighted by Gasteiger charge is 2.23. The summed E-state index contributed by atoms with van der Waals surface area (Å²) in [5.74, 6) is 1.20. The smallest absolute Gasteiger partial charge is 0.309 e. The van der Waals surface area contributed by atoms with Crippen LogP contribution >= 0.6 is 23.4 Å². The minimum absolute atomic E-state index is 0.252. The lowest BCUT2D eigenvalue weighted by Crippen LogP contribution is -2.38. The summed E-state index contributed by atoms with van der Waals surface area (Å²) in [6.45, 7) is 5.86. The number of aromatic amines is 1. The van der Waals surface area contributed by atoms with Crippen molar-refractivity contribution in [1.29, 1.82) is 0 Å². The molecule has 0 aliphatic carbocycles. The van der Waals surface area contributed by atoms with E-state index in [-0.39, 0.29) is 22.3 Å². The number of H-pyrrole nitrogens is 1. The van der Waals surface area contributed by atoms with Gasteiger partial charge in [-0.2, -0.15) is 0 Å². The van der Waals surface area contributed by atoms with Crippen LogP contribution in [-0.2, 0) is 25.3 Å². The fourth-order valence-electron chi connectivity index (χ4n) is 3.23. The van der Waals surface area contributed by atoms with Crippen LogP contribution in [0.15, 0.2) is 37.6 Å². The van der Waals surface area contributed by atoms with E-state index in [9.17, 15) is 14.4 Å². The minimum Gasteiger partial charge on any atom is -0.309 e. The predicted octanol–water partition coefficient (Wildman–Crippen LogP) is 2.51. The fraction of sp³-hybridized carbons (Fsp3) is 0.333. The van der Waals surface area contributed by atoms with Gasteiger partial charge in [0.05, 0.1) is 16.7 Å². The van der Waals surface area contributed by atoms with Crippen LogP contribution < -0.4 is 16.8 Å². The van der Waals surface area contributed by atoms with Crippen LogP contribution in [0.1, 0.15) is 32.4 Å². The maximum atomic E-state index is 12.9. The number of hydrogen-bond donors (Lipinski definition) is 1. The number of nitrogens with zero attached hydrogens (tertiary/aromatic N) is 5. The number of benzene rings is 1. The molecule has 0 spiro atoms. The van der Waals surface area contributed by atoms with Gasteiger partial charge in [0.25, 0.3) is 11.1 Å². The van der Waals surface area contributed by atoms with Crippen LogP contribution in [-0.4, -0.2) is 29.1 Å². The molecule has 0 radical (unpaired) electrons. The third-order valence-corrected chi connectivity index (χ3v) is 6.22. The number of fused-ring (bicyclic) bond motifs is 2. The Morgan fingerprint density at radius 1 is 1.06 bits per heavy atom. The molecule has 3 aromatic heterocycles. The third-order valence-electron chi connectivity index (χ3n) is 5.00. The van der Waals surface area contributed by atoms with Gasteiger partial charge in [-0.3, -0.25) is 18.7 Å². The van der Waals surface area contributed by atoms with E-state index < -0.39 is 16.7 Å². The standard InChI is InChI=1S/C21H21ClN6O3S/c1-21(2,3)19-25-15-14(18(30)28(5)20(31)27(15)4)17(26-19)32-9-13-23-12-7-6-10(22)8-11(12)16(29)24-13/h6-8H,9H2,1-5H3,(H,23,24,29). The van der Waals surface area contributed by atoms with Crippen molar-refractivity contribution in [3.63, 3.8) is 0 Å². The second kappa shape index (κ2) is 7.86. The Morgan fingerprint density at radius 2 is 1.78 bits per heavy atom. The molecule has 32 heavy (non-hydrogen) atoms. The van der Waals surface area contributed by atoms with Gasteiger partial charge < -0.3 is 4.98 Å². The van der Waals surface area contributed by atoms with E-state index in [0.717, 1.165) is 4.57 Å². The van der Waals surface area contributed by atoms with E-state index in [4.69, 9.17) is 11.6 Å². The van der Waals surface area contributed by atoms with Crippen molar-refractivity contribution in [2.24, 2.45) is 14.1 Å². The number of nitrogens with one attached hydrogen (secondary N) is 1. The monoisotopic (exact) mass is 472 g/mol. The van der Waals surface area contributed by atoms with Gasteiger partial charge in [0.15, 0.2) is 5.65 Å². The van der Waals surface area contributed by atoms with Gasteiger partial charge in [0.1, 0.15) is 22.1 Å². The molecular weight excluding hydrogens is 452 g/mol. The lowest BCUT2D eigenvalue weighted by Gasteiger charge is -2.19. The summed E-state index contributed by atoms with van der Waals surface area (Å²) in [7, 11) is 3.00. The molecular formula is C21H21ClN6O3S. The first-order chi connectivity index (χ1) is 15.0. The van der Waals surface area contributed by atoms with E-state index in [0.29, 0.717) is 32.6 Å². The number of aromatic nitrogens is 6. The minimum atomic E-state index is -0.472. The summed E-state index contributed by atoms with van der Waals surface area (Å²) in [4.78, 5) is 54.3. The van der Waals surface area contributed by atoms with E-state index in [1.807, 2.05) is 20.8 Å². The van der Waals surface area contributed by atoms with Gasteiger partial charge in [0.2, 0.25) is 0 Å². The third kappa shape index (κ3) is 3.84. The highest BCUT2D eigenvalue weighted by Crippen LogP contribution is 2.28. The molecule has 11 heteroatoms. The zero-order valence-electron chi connectivity index (χ0n) is 18.2. The number of halogens is 1. The van der Waals surface area contributed by atoms with Gasteiger partial charge in [-0.15, -0.1) is 0 Å². The Kier molecular flexibility index (Phi) is 5.46. The van der Waals surface area contributed by atoms with Gasteiger partial charge in [0, 0.05) is 24.5 Å². The Hall–Kier alpha value is -2.98. The molecule has 0 saturated carbocycles. The lowest BCUT2D eigenvalue weighted by molar-refractivity contribution is 0.539. The SMILES string of the molecule is Cn1c(=O)c2c(SCc3nc4ccc(Cl)cc4c(=O)[nH]3)nc(C(C)(C)C)nc2n(C)c1=O. The largest absolute Gasteiger partial charge is 0.332 e. The van der Waals surface area contributed by atoms with E-state index in [1.165, 1.54) is 23.4 Å². The maximum Gasteiger partial charge on any atom is 0.332 e. The van der Waals surface area contributed by atoms with Crippen LogP contribution in [0.5, 0.6) is 0 Å². The summed E-state index contributed by atoms with van der Waals surface area (Å²) < 4.78 is 2.38. The van der Waals surface area contributed by atoms with E-state index in [1.54, 1.807) is 25.2 Å². The van der Waals surface area contributed by atoms with Crippen LogP contribution in [0, 0.1) is 0 Å². The molecule has 3 heterocycles. The average Bonchev–Trinajstić information content (AvgIpc) is 2.74. The number of hydrogen-bond acceptors (Lipinski definition) is 7. The van der Waals surface area contributed by atoms with Crippen LogP contribution in [0.3, 0.4) is 0 Å². The molecule has 4 rings (SSSR count). The summed E-state index contributed by atoms with van der Waals surface area (Å²) in [6.07, 6.45) is 0. The first kappa shape index (κ1) is 22.2. The molecule has 4 aromatic rings. The zero-order valence-corrected chi connectivity index (χ0v) is 19.8. The highest BCUT2D eigenvalue weighted by atomic mass is 35.5. The molecule has 0 aliphatic rings. The summed E-state index contributed by atoms with van der Waals surface area (Å²) in [5.41, 5.74) is -0.841. The Morgan fingerprint density at radius 3 is 2.47 bits per heavy atom. The number of rotatable bonds is 3. The predicted molar refractivity (Wildman–Crippen MR) is 126 cm³/mol. The van der Waals surface area contributed by atoms with Gasteiger partial charge in [-0.25, -0.2) is 19.7 Å². The van der Waals surface area contributed by atoms with Crippen LogP contribution in [0.2, 0.25) is 5.02 Å². The second-order valence-corrected chi connectivity index (χ2v) is 9.87. The summed E-state index contributed by atoms with van der Waals surface area (Å²) >= 11 is 7.23. The summed E-state index contributed by atoms with van der Waals surface area (Å²) in [5, 5.41) is 1.53. The van der Waals surface area contributed by atoms with Crippen LogP contribution in [0.25, 0.3) is 21.9 Å². The molecule has 166 valence electrons. The van der Waals surface area contributed by atoms with Gasteiger partial charge >= 0.3 is 5.69 Å². The highest BCUT2D eigenvalue weighted by molar-refractivity contribution is 7.98. The molecule has 0 unspecified atom stereocenters. The molecule has 0 bridgehead atoms. The Balaban J connectivity index is 1.86. The first-order valence-electron chi connectivity index (χ1n) is 9.77. The van der Waals surface area contributed by atoms with E-state index >= 15 is 0 Å². The van der Waals surface area contributed by atoms with Crippen molar-refractivity contribution >= 4 is 45.3 Å². The molecule has 9 nitrogen and oxygen atoms in total. The Labute approximate surface area is 191 Å². The topological polar surface area (TPSA) is 116 Å². The molecule has 0 fully saturated rings. The molecule has 0 saturated heterocycles. The first-order valence-corrected chi connectivity index (χ1v) is 11.1. The van der Waals surface area contributed by atoms with Crippen molar-refractivity contribution in [3.8, 4) is 0 Å². The quantitative estimate of drug-likeness (QED) is 0.359. The van der Waals surface area contributed by atoms with Crippen molar-refractivity contribution in [1.82, 2.24) is 29.1 Å². The van der Waals surface area contributed by atoms with Crippen molar-refractivity contribution in [3.05, 3.63) is 66.1 Å². The van der Waals surface area contributed by atoms with Gasteiger partial charge in [-0.05, 0) is 18.2 Å². The zero-order chi connectivity index (χ0) is 23.4. The van der Waals surface area contributed by atoms with Crippen molar-refractivity contribution < 1.29 is 0 Å². The van der Waals surface area contributed by atoms with E-state index in [2.05, 4.69) is 19.9 Å². The number of aryl methyl sites for hydroxylation is 1. The van der Waals surface area contributed by atoms with Crippen molar-refractivity contribution in [2.45, 2.75) is 37.0 Å². The lowest BCUT2D eigenvalue weighted by atomic mass is 9.96. The molecule has 1 aromatic carbocycles. The second-order valence-electron chi connectivity index (χ2n) is 8.47. The number of thioether (sulfide) groups is 1. The Bertz CT molecular complexity index is 1570. The van der Waals surface area contributed by atoms with Crippen LogP contribution in [0.4, 0.5) is 0 Å². The van der Waals surface area contributed by atoms with Gasteiger partial charge in [-0.1, -0.05) is 44.1 Å².